The molecule has 2 saturated heterocycles. The molecule has 0 radical (unpaired) electrons. The SMILES string of the molecule is O=C(NO)[C@H]1C[C@@H](C2[C@H](O)CCN2C(=O)O)CC[C@@H]1C(=O)N1CCN(c2ccccc2)CC1. The first-order valence-electron chi connectivity index (χ1n) is 11.6. The van der Waals surface area contributed by atoms with Gasteiger partial charge in [0, 0.05) is 44.3 Å². The summed E-state index contributed by atoms with van der Waals surface area (Å²) < 4.78 is 0. The van der Waals surface area contributed by atoms with Crippen LogP contribution in [-0.2, 0) is 9.59 Å². The largest absolute Gasteiger partial charge is 0.465 e. The molecule has 1 aromatic carbocycles. The second-order valence-electron chi connectivity index (χ2n) is 9.23. The van der Waals surface area contributed by atoms with E-state index in [2.05, 4.69) is 4.90 Å². The average Bonchev–Trinajstić information content (AvgIpc) is 3.25. The topological polar surface area (TPSA) is 134 Å². The number of aliphatic hydroxyl groups is 1. The number of nitrogens with one attached hydrogen (secondary N) is 1. The zero-order valence-corrected chi connectivity index (χ0v) is 18.5. The summed E-state index contributed by atoms with van der Waals surface area (Å²) >= 11 is 0. The highest BCUT2D eigenvalue weighted by atomic mass is 16.5. The number of aliphatic hydroxyl groups excluding tert-OH is 1. The number of hydrogen-bond donors (Lipinski definition) is 4. The summed E-state index contributed by atoms with van der Waals surface area (Å²) in [5, 5.41) is 29.2. The van der Waals surface area contributed by atoms with Crippen LogP contribution >= 0.6 is 0 Å². The first-order valence-corrected chi connectivity index (χ1v) is 11.6. The molecule has 0 aromatic heterocycles. The van der Waals surface area contributed by atoms with Gasteiger partial charge in [0.05, 0.1) is 18.1 Å². The van der Waals surface area contributed by atoms with Crippen LogP contribution in [0.25, 0.3) is 0 Å². The summed E-state index contributed by atoms with van der Waals surface area (Å²) in [6.07, 6.45) is -0.314. The van der Waals surface area contributed by atoms with E-state index in [4.69, 9.17) is 0 Å². The van der Waals surface area contributed by atoms with Gasteiger partial charge in [0.2, 0.25) is 11.8 Å². The van der Waals surface area contributed by atoms with Crippen LogP contribution in [0.15, 0.2) is 30.3 Å². The van der Waals surface area contributed by atoms with Gasteiger partial charge in [-0.2, -0.15) is 0 Å². The van der Waals surface area contributed by atoms with Crippen molar-refractivity contribution in [2.75, 3.05) is 37.6 Å². The Morgan fingerprint density at radius 2 is 1.61 bits per heavy atom. The molecule has 5 atom stereocenters. The van der Waals surface area contributed by atoms with Gasteiger partial charge in [-0.25, -0.2) is 10.3 Å². The number of benzene rings is 1. The Balaban J connectivity index is 1.43. The number of likely N-dealkylation sites (tertiary alicyclic amines) is 1. The first kappa shape index (κ1) is 23.3. The Morgan fingerprint density at radius 1 is 0.909 bits per heavy atom. The van der Waals surface area contributed by atoms with E-state index in [1.54, 1.807) is 10.4 Å². The number of piperazine rings is 1. The molecule has 10 heteroatoms. The summed E-state index contributed by atoms with van der Waals surface area (Å²) in [7, 11) is 0. The molecular formula is C23H32N4O6. The normalized spacial score (nSPS) is 30.2. The van der Waals surface area contributed by atoms with Crippen LogP contribution in [0.5, 0.6) is 0 Å². The molecule has 3 aliphatic rings. The Labute approximate surface area is 192 Å². The zero-order chi connectivity index (χ0) is 23.5. The van der Waals surface area contributed by atoms with Crippen molar-refractivity contribution in [1.29, 1.82) is 0 Å². The number of para-hydroxylation sites is 1. The van der Waals surface area contributed by atoms with Crippen molar-refractivity contribution in [3.8, 4) is 0 Å². The van der Waals surface area contributed by atoms with Crippen LogP contribution in [0, 0.1) is 17.8 Å². The van der Waals surface area contributed by atoms with Crippen LogP contribution in [0.2, 0.25) is 0 Å². The number of rotatable bonds is 4. The van der Waals surface area contributed by atoms with E-state index in [9.17, 15) is 29.8 Å². The molecule has 2 aliphatic heterocycles. The number of nitrogens with zero attached hydrogens (tertiary/aromatic N) is 3. The monoisotopic (exact) mass is 460 g/mol. The quantitative estimate of drug-likeness (QED) is 0.389. The van der Waals surface area contributed by atoms with Gasteiger partial charge in [0.25, 0.3) is 0 Å². The average molecular weight is 461 g/mol. The highest BCUT2D eigenvalue weighted by Gasteiger charge is 2.48. The van der Waals surface area contributed by atoms with E-state index in [1.165, 1.54) is 4.90 Å². The second-order valence-corrected chi connectivity index (χ2v) is 9.23. The summed E-state index contributed by atoms with van der Waals surface area (Å²) in [5.41, 5.74) is 2.81. The molecule has 180 valence electrons. The van der Waals surface area contributed by atoms with Gasteiger partial charge < -0.3 is 24.9 Å². The molecule has 3 amide bonds. The van der Waals surface area contributed by atoms with Gasteiger partial charge in [-0.1, -0.05) is 18.2 Å². The lowest BCUT2D eigenvalue weighted by molar-refractivity contribution is -0.148. The number of hydroxylamine groups is 1. The standard InChI is InChI=1S/C23H32N4O6/c28-19-8-9-27(23(31)32)20(19)15-6-7-17(18(14-15)21(29)24-33)22(30)26-12-10-25(11-13-26)16-4-2-1-3-5-16/h1-5,15,17-20,28,33H,6-14H2,(H,24,29)(H,31,32)/t15-,17-,18-,19+,20?/m0/s1. The van der Waals surface area contributed by atoms with Crippen LogP contribution in [0.1, 0.15) is 25.7 Å². The minimum Gasteiger partial charge on any atom is -0.465 e. The predicted octanol–water partition coefficient (Wildman–Crippen LogP) is 0.986. The highest BCUT2D eigenvalue weighted by molar-refractivity contribution is 5.87. The maximum absolute atomic E-state index is 13.4. The van der Waals surface area contributed by atoms with Crippen molar-refractivity contribution < 1.29 is 29.8 Å². The zero-order valence-electron chi connectivity index (χ0n) is 18.5. The van der Waals surface area contributed by atoms with E-state index in [0.29, 0.717) is 45.4 Å². The van der Waals surface area contributed by atoms with E-state index >= 15 is 0 Å². The number of carboxylic acid groups (broad SMARTS) is 1. The molecule has 1 aliphatic carbocycles. The summed E-state index contributed by atoms with van der Waals surface area (Å²) in [5.74, 6) is -2.32. The third-order valence-electron chi connectivity index (χ3n) is 7.52. The number of carbonyl (C=O) groups is 3. The van der Waals surface area contributed by atoms with Gasteiger partial charge in [-0.3, -0.25) is 14.8 Å². The van der Waals surface area contributed by atoms with Gasteiger partial charge >= 0.3 is 6.09 Å². The van der Waals surface area contributed by atoms with Crippen molar-refractivity contribution >= 4 is 23.6 Å². The summed E-state index contributed by atoms with van der Waals surface area (Å²) in [6, 6.07) is 9.41. The van der Waals surface area contributed by atoms with Gasteiger partial charge in [-0.05, 0) is 43.7 Å². The summed E-state index contributed by atoms with van der Waals surface area (Å²) in [6.45, 7) is 2.75. The Kier molecular flexibility index (Phi) is 7.04. The van der Waals surface area contributed by atoms with Gasteiger partial charge in [-0.15, -0.1) is 0 Å². The maximum atomic E-state index is 13.4. The molecule has 1 saturated carbocycles. The molecule has 1 aromatic rings. The molecule has 2 heterocycles. The molecule has 0 spiro atoms. The van der Waals surface area contributed by atoms with Gasteiger partial charge in [0.1, 0.15) is 0 Å². The molecule has 4 N–H and O–H groups in total. The van der Waals surface area contributed by atoms with E-state index in [-0.39, 0.29) is 24.8 Å². The lowest BCUT2D eigenvalue weighted by Gasteiger charge is -2.42. The summed E-state index contributed by atoms with van der Waals surface area (Å²) in [4.78, 5) is 42.8. The van der Waals surface area contributed by atoms with Crippen LogP contribution in [0.3, 0.4) is 0 Å². The minimum atomic E-state index is -1.09. The van der Waals surface area contributed by atoms with Gasteiger partial charge in [0.15, 0.2) is 0 Å². The predicted molar refractivity (Wildman–Crippen MR) is 119 cm³/mol. The fourth-order valence-electron chi connectivity index (χ4n) is 5.83. The lowest BCUT2D eigenvalue weighted by Crippen LogP contribution is -2.54. The number of amides is 3. The van der Waals surface area contributed by atoms with E-state index in [0.717, 1.165) is 5.69 Å². The van der Waals surface area contributed by atoms with Crippen molar-refractivity contribution in [3.05, 3.63) is 30.3 Å². The highest BCUT2D eigenvalue weighted by Crippen LogP contribution is 2.41. The van der Waals surface area contributed by atoms with E-state index in [1.807, 2.05) is 30.3 Å². The Morgan fingerprint density at radius 3 is 2.24 bits per heavy atom. The second kappa shape index (κ2) is 9.96. The van der Waals surface area contributed by atoms with Crippen LogP contribution < -0.4 is 10.4 Å². The fraction of sp³-hybridized carbons (Fsp3) is 0.609. The fourth-order valence-corrected chi connectivity index (χ4v) is 5.83. The van der Waals surface area contributed by atoms with E-state index < -0.39 is 36.0 Å². The molecule has 3 fully saturated rings. The molecule has 1 unspecified atom stereocenters. The molecule has 33 heavy (non-hydrogen) atoms. The Hall–Kier alpha value is -2.85. The van der Waals surface area contributed by atoms with Crippen molar-refractivity contribution in [2.45, 2.75) is 37.8 Å². The number of carbonyl (C=O) groups excluding carboxylic acids is 2. The number of hydrogen-bond acceptors (Lipinski definition) is 6. The van der Waals surface area contributed by atoms with Crippen molar-refractivity contribution in [3.63, 3.8) is 0 Å². The smallest absolute Gasteiger partial charge is 0.407 e. The molecule has 0 bridgehead atoms. The third kappa shape index (κ3) is 4.77. The molecule has 4 rings (SSSR count). The molecule has 10 nitrogen and oxygen atoms in total. The van der Waals surface area contributed by atoms with Crippen molar-refractivity contribution in [1.82, 2.24) is 15.3 Å². The lowest BCUT2D eigenvalue weighted by atomic mass is 9.70. The van der Waals surface area contributed by atoms with Crippen LogP contribution in [-0.4, -0.2) is 88.0 Å². The molecular weight excluding hydrogens is 428 g/mol. The first-order chi connectivity index (χ1) is 15.9. The Bertz CT molecular complexity index is 860. The third-order valence-corrected chi connectivity index (χ3v) is 7.52. The minimum absolute atomic E-state index is 0.100. The van der Waals surface area contributed by atoms with Crippen LogP contribution in [0.4, 0.5) is 10.5 Å². The number of anilines is 1. The maximum Gasteiger partial charge on any atom is 0.407 e. The van der Waals surface area contributed by atoms with Crippen molar-refractivity contribution in [2.24, 2.45) is 17.8 Å².